The Balaban J connectivity index is 1.48. The Bertz CT molecular complexity index is 1070. The zero-order valence-corrected chi connectivity index (χ0v) is 17.8. The van der Waals surface area contributed by atoms with Crippen molar-refractivity contribution in [3.8, 4) is 11.3 Å². The first-order valence-electron chi connectivity index (χ1n) is 9.59. The van der Waals surface area contributed by atoms with E-state index in [1.54, 1.807) is 24.3 Å². The average molecular weight is 444 g/mol. The third-order valence-electron chi connectivity index (χ3n) is 4.32. The van der Waals surface area contributed by atoms with Crippen LogP contribution >= 0.6 is 11.3 Å². The van der Waals surface area contributed by atoms with Gasteiger partial charge in [-0.05, 0) is 43.3 Å². The van der Waals surface area contributed by atoms with Gasteiger partial charge in [0.2, 0.25) is 11.7 Å². The Labute approximate surface area is 182 Å². The number of esters is 1. The summed E-state index contributed by atoms with van der Waals surface area (Å²) in [7, 11) is 0. The molecule has 2 heterocycles. The summed E-state index contributed by atoms with van der Waals surface area (Å²) in [4.78, 5) is 41.0. The maximum absolute atomic E-state index is 13.0. The Kier molecular flexibility index (Phi) is 7.30. The number of carbonyl (C=O) groups excluding carboxylic acids is 3. The van der Waals surface area contributed by atoms with Crippen molar-refractivity contribution in [2.75, 3.05) is 0 Å². The van der Waals surface area contributed by atoms with Gasteiger partial charge in [-0.3, -0.25) is 14.4 Å². The van der Waals surface area contributed by atoms with Gasteiger partial charge in [0.1, 0.15) is 5.82 Å². The lowest BCUT2D eigenvalue weighted by Gasteiger charge is -2.10. The first-order chi connectivity index (χ1) is 14.8. The van der Waals surface area contributed by atoms with Gasteiger partial charge in [-0.25, -0.2) is 9.37 Å². The highest BCUT2D eigenvalue weighted by atomic mass is 32.1. The second-order valence-electron chi connectivity index (χ2n) is 6.80. The molecule has 0 saturated heterocycles. The molecule has 3 rings (SSSR count). The summed E-state index contributed by atoms with van der Waals surface area (Å²) in [6, 6.07) is 9.20. The van der Waals surface area contributed by atoms with Crippen molar-refractivity contribution in [2.45, 2.75) is 39.3 Å². The number of thiophene rings is 1. The fourth-order valence-corrected chi connectivity index (χ4v) is 3.67. The van der Waals surface area contributed by atoms with Gasteiger partial charge in [0, 0.05) is 23.8 Å². The van der Waals surface area contributed by atoms with Crippen molar-refractivity contribution in [1.29, 1.82) is 0 Å². The lowest BCUT2D eigenvalue weighted by Crippen LogP contribution is -2.24. The number of nitrogens with zero attached hydrogens (tertiary/aromatic N) is 1. The molecule has 0 radical (unpaired) electrons. The first kappa shape index (κ1) is 22.4. The third kappa shape index (κ3) is 6.32. The number of aryl methyl sites for hydroxylation is 1. The second-order valence-corrected chi connectivity index (χ2v) is 7.97. The summed E-state index contributed by atoms with van der Waals surface area (Å²) in [5.41, 5.74) is 0.677. The molecule has 1 atom stereocenters. The van der Waals surface area contributed by atoms with Crippen molar-refractivity contribution in [3.05, 3.63) is 64.1 Å². The molecule has 2 aromatic heterocycles. The molecule has 31 heavy (non-hydrogen) atoms. The molecule has 0 fully saturated rings. The van der Waals surface area contributed by atoms with Crippen LogP contribution in [0.25, 0.3) is 11.3 Å². The van der Waals surface area contributed by atoms with Crippen molar-refractivity contribution in [2.24, 2.45) is 0 Å². The van der Waals surface area contributed by atoms with E-state index in [4.69, 9.17) is 9.15 Å². The fraction of sp³-hybridized carbons (Fsp3) is 0.273. The maximum atomic E-state index is 13.0. The van der Waals surface area contributed by atoms with Gasteiger partial charge in [0.25, 0.3) is 0 Å². The number of Topliss-reactive ketones (excluding diaryl/α,β-unsaturated/α-hetero) is 1. The van der Waals surface area contributed by atoms with E-state index in [1.807, 2.05) is 0 Å². The maximum Gasteiger partial charge on any atom is 0.307 e. The van der Waals surface area contributed by atoms with Crippen LogP contribution in [-0.2, 0) is 27.3 Å². The van der Waals surface area contributed by atoms with E-state index in [1.165, 1.54) is 43.5 Å². The summed E-state index contributed by atoms with van der Waals surface area (Å²) in [6.07, 6.45) is 0.786. The predicted molar refractivity (Wildman–Crippen MR) is 112 cm³/mol. The highest BCUT2D eigenvalue weighted by Crippen LogP contribution is 2.22. The molecular weight excluding hydrogens is 423 g/mol. The minimum atomic E-state index is -0.931. The molecule has 1 unspecified atom stereocenters. The van der Waals surface area contributed by atoms with Gasteiger partial charge >= 0.3 is 5.97 Å². The molecule has 0 spiro atoms. The van der Waals surface area contributed by atoms with E-state index in [2.05, 4.69) is 10.3 Å². The van der Waals surface area contributed by atoms with Crippen molar-refractivity contribution >= 4 is 29.0 Å². The van der Waals surface area contributed by atoms with Crippen LogP contribution in [0.2, 0.25) is 0 Å². The minimum absolute atomic E-state index is 0.000781. The normalized spacial score (nSPS) is 11.7. The molecule has 0 saturated carbocycles. The fourth-order valence-electron chi connectivity index (χ4n) is 2.71. The SMILES string of the molecule is CC(=O)NCc1ccc(C(=O)C(C)OC(=O)CCc2ncc(-c3ccc(F)cc3)o2)s1. The monoisotopic (exact) mass is 444 g/mol. The number of amides is 1. The van der Waals surface area contributed by atoms with Crippen molar-refractivity contribution < 1.29 is 27.9 Å². The van der Waals surface area contributed by atoms with Crippen LogP contribution in [0, 0.1) is 5.82 Å². The molecule has 7 nitrogen and oxygen atoms in total. The van der Waals surface area contributed by atoms with E-state index >= 15 is 0 Å². The molecule has 0 aliphatic heterocycles. The zero-order chi connectivity index (χ0) is 22.4. The molecule has 9 heteroatoms. The minimum Gasteiger partial charge on any atom is -0.454 e. The summed E-state index contributed by atoms with van der Waals surface area (Å²) < 4.78 is 23.8. The van der Waals surface area contributed by atoms with Crippen LogP contribution in [0.1, 0.15) is 40.7 Å². The van der Waals surface area contributed by atoms with Crippen LogP contribution in [-0.4, -0.2) is 28.7 Å². The number of halogens is 1. The van der Waals surface area contributed by atoms with Gasteiger partial charge in [-0.15, -0.1) is 11.3 Å². The first-order valence-corrected chi connectivity index (χ1v) is 10.4. The van der Waals surface area contributed by atoms with E-state index in [0.717, 1.165) is 4.88 Å². The van der Waals surface area contributed by atoms with Crippen LogP contribution in [0.3, 0.4) is 0 Å². The van der Waals surface area contributed by atoms with Crippen LogP contribution in [0.4, 0.5) is 4.39 Å². The Hall–Kier alpha value is -3.33. The van der Waals surface area contributed by atoms with Gasteiger partial charge in [0.15, 0.2) is 17.8 Å². The van der Waals surface area contributed by atoms with Gasteiger partial charge in [-0.2, -0.15) is 0 Å². The summed E-state index contributed by atoms with van der Waals surface area (Å²) >= 11 is 1.25. The van der Waals surface area contributed by atoms with E-state index < -0.39 is 12.1 Å². The molecule has 1 amide bonds. The highest BCUT2D eigenvalue weighted by Gasteiger charge is 2.21. The molecule has 1 N–H and O–H groups in total. The Morgan fingerprint density at radius 1 is 1.19 bits per heavy atom. The highest BCUT2D eigenvalue weighted by molar-refractivity contribution is 7.14. The molecule has 0 bridgehead atoms. The molecule has 1 aromatic carbocycles. The number of carbonyl (C=O) groups is 3. The zero-order valence-electron chi connectivity index (χ0n) is 17.0. The topological polar surface area (TPSA) is 98.5 Å². The number of nitrogens with one attached hydrogen (secondary N) is 1. The predicted octanol–water partition coefficient (Wildman–Crippen LogP) is 3.93. The molecule has 0 aliphatic carbocycles. The summed E-state index contributed by atoms with van der Waals surface area (Å²) in [6.45, 7) is 3.28. The molecule has 3 aromatic rings. The smallest absolute Gasteiger partial charge is 0.307 e. The number of hydrogen-bond donors (Lipinski definition) is 1. The standard InChI is InChI=1S/C22H21FN2O5S/c1-13(22(28)19-8-7-17(31-19)11-24-14(2)26)29-21(27)10-9-20-25-12-18(30-20)15-3-5-16(23)6-4-15/h3-8,12-13H,9-11H2,1-2H3,(H,24,26). The van der Waals surface area contributed by atoms with Gasteiger partial charge in [0.05, 0.1) is 24.0 Å². The van der Waals surface area contributed by atoms with Crippen LogP contribution in [0.15, 0.2) is 47.0 Å². The quantitative estimate of drug-likeness (QED) is 0.397. The van der Waals surface area contributed by atoms with Crippen molar-refractivity contribution in [1.82, 2.24) is 10.3 Å². The Morgan fingerprint density at radius 3 is 2.65 bits per heavy atom. The van der Waals surface area contributed by atoms with E-state index in [0.29, 0.717) is 28.6 Å². The number of aromatic nitrogens is 1. The Morgan fingerprint density at radius 2 is 1.94 bits per heavy atom. The number of benzene rings is 1. The number of oxazole rings is 1. The molecular formula is C22H21FN2O5S. The number of ketones is 1. The van der Waals surface area contributed by atoms with Crippen LogP contribution < -0.4 is 5.32 Å². The second kappa shape index (κ2) is 10.1. The third-order valence-corrected chi connectivity index (χ3v) is 5.42. The number of ether oxygens (including phenoxy) is 1. The van der Waals surface area contributed by atoms with Crippen molar-refractivity contribution in [3.63, 3.8) is 0 Å². The van der Waals surface area contributed by atoms with Gasteiger partial charge in [-0.1, -0.05) is 0 Å². The van der Waals surface area contributed by atoms with E-state index in [9.17, 15) is 18.8 Å². The number of hydrogen-bond acceptors (Lipinski definition) is 7. The lowest BCUT2D eigenvalue weighted by atomic mass is 10.2. The lowest BCUT2D eigenvalue weighted by molar-refractivity contribution is -0.146. The van der Waals surface area contributed by atoms with E-state index in [-0.39, 0.29) is 30.3 Å². The summed E-state index contributed by atoms with van der Waals surface area (Å²) in [5, 5.41) is 2.67. The van der Waals surface area contributed by atoms with Gasteiger partial charge < -0.3 is 14.5 Å². The largest absolute Gasteiger partial charge is 0.454 e. The average Bonchev–Trinajstić information content (AvgIpc) is 3.40. The molecule has 162 valence electrons. The summed E-state index contributed by atoms with van der Waals surface area (Å²) in [5.74, 6) is -0.531. The van der Waals surface area contributed by atoms with Crippen LogP contribution in [0.5, 0.6) is 0 Å². The molecule has 0 aliphatic rings. The number of rotatable bonds is 9.